The van der Waals surface area contributed by atoms with Gasteiger partial charge in [-0.15, -0.1) is 35.3 Å². The molecule has 3 aromatic rings. The van der Waals surface area contributed by atoms with Crippen LogP contribution in [0.5, 0.6) is 0 Å². The maximum Gasteiger partial charge on any atom is 0.193 e. The highest BCUT2D eigenvalue weighted by atomic mass is 127. The average Bonchev–Trinajstić information content (AvgIpc) is 3.36. The predicted octanol–water partition coefficient (Wildman–Crippen LogP) is 3.44. The minimum absolute atomic E-state index is 0. The first-order chi connectivity index (χ1) is 13.3. The van der Waals surface area contributed by atoms with Crippen molar-refractivity contribution in [2.75, 3.05) is 39.8 Å². The van der Waals surface area contributed by atoms with Crippen LogP contribution in [0.4, 0.5) is 0 Å². The third kappa shape index (κ3) is 5.03. The molecule has 8 heteroatoms. The van der Waals surface area contributed by atoms with Crippen molar-refractivity contribution in [2.45, 2.75) is 13.0 Å². The lowest BCUT2D eigenvalue weighted by atomic mass is 10.1. The Morgan fingerprint density at radius 3 is 2.79 bits per heavy atom. The number of guanidine groups is 1. The number of nitrogens with zero attached hydrogens (tertiary/aromatic N) is 4. The number of nitrogens with one attached hydrogen (secondary N) is 1. The van der Waals surface area contributed by atoms with Gasteiger partial charge in [0, 0.05) is 57.1 Å². The summed E-state index contributed by atoms with van der Waals surface area (Å²) in [5, 5.41) is 11.2. The van der Waals surface area contributed by atoms with Crippen LogP contribution in [0, 0.1) is 0 Å². The number of benzene rings is 1. The van der Waals surface area contributed by atoms with Gasteiger partial charge in [0.15, 0.2) is 5.96 Å². The summed E-state index contributed by atoms with van der Waals surface area (Å²) in [6, 6.07) is 10.5. The minimum Gasteiger partial charge on any atom is -0.364 e. The molecular weight excluding hydrogens is 485 g/mol. The van der Waals surface area contributed by atoms with E-state index in [0.29, 0.717) is 0 Å². The van der Waals surface area contributed by atoms with E-state index in [1.54, 1.807) is 6.26 Å². The normalized spacial score (nSPS) is 15.6. The van der Waals surface area contributed by atoms with Gasteiger partial charge in [0.25, 0.3) is 0 Å². The smallest absolute Gasteiger partial charge is 0.193 e. The summed E-state index contributed by atoms with van der Waals surface area (Å²) in [6.07, 6.45) is 2.64. The summed E-state index contributed by atoms with van der Waals surface area (Å²) in [4.78, 5) is 9.22. The summed E-state index contributed by atoms with van der Waals surface area (Å²) < 4.78 is 6.28. The fraction of sp³-hybridized carbons (Fsp3) is 0.400. The van der Waals surface area contributed by atoms with E-state index in [0.717, 1.165) is 57.3 Å². The molecule has 6 nitrogen and oxygen atoms in total. The molecule has 1 aromatic carbocycles. The van der Waals surface area contributed by atoms with Crippen molar-refractivity contribution in [1.29, 1.82) is 0 Å². The third-order valence-electron chi connectivity index (χ3n) is 5.00. The average molecular weight is 511 g/mol. The fourth-order valence-electron chi connectivity index (χ4n) is 3.53. The van der Waals surface area contributed by atoms with Crippen LogP contribution < -0.4 is 5.32 Å². The molecule has 4 rings (SSSR count). The maximum absolute atomic E-state index is 4.92. The summed E-state index contributed by atoms with van der Waals surface area (Å²) in [5.74, 6) is 0.996. The second-order valence-corrected chi connectivity index (χ2v) is 7.65. The molecule has 0 unspecified atom stereocenters. The van der Waals surface area contributed by atoms with Crippen molar-refractivity contribution < 1.29 is 4.52 Å². The standard InChI is InChI=1S/C20H25N5OS.HI/c1-21-20(22-8-6-16-15-27-19-5-3-2-4-18(16)19)25-11-9-24(10-12-25)14-17-7-13-26-23-17;/h2-5,7,13,15H,6,8-12,14H2,1H3,(H,21,22);1H. The molecule has 0 radical (unpaired) electrons. The second kappa shape index (κ2) is 10.2. The number of rotatable bonds is 5. The molecule has 0 spiro atoms. The van der Waals surface area contributed by atoms with E-state index in [4.69, 9.17) is 4.52 Å². The predicted molar refractivity (Wildman–Crippen MR) is 126 cm³/mol. The summed E-state index contributed by atoms with van der Waals surface area (Å²) in [5.41, 5.74) is 2.41. The molecule has 1 fully saturated rings. The van der Waals surface area contributed by atoms with Crippen LogP contribution in [-0.2, 0) is 13.0 Å². The maximum atomic E-state index is 4.92. The fourth-order valence-corrected chi connectivity index (χ4v) is 4.53. The van der Waals surface area contributed by atoms with E-state index in [2.05, 4.69) is 54.9 Å². The van der Waals surface area contributed by atoms with Crippen molar-refractivity contribution in [3.63, 3.8) is 0 Å². The summed E-state index contributed by atoms with van der Waals surface area (Å²) in [6.45, 7) is 5.69. The van der Waals surface area contributed by atoms with E-state index >= 15 is 0 Å². The Labute approximate surface area is 186 Å². The lowest BCUT2D eigenvalue weighted by molar-refractivity contribution is 0.169. The van der Waals surface area contributed by atoms with E-state index in [1.165, 1.54) is 15.6 Å². The van der Waals surface area contributed by atoms with Gasteiger partial charge in [-0.25, -0.2) is 0 Å². The Balaban J connectivity index is 0.00000225. The highest BCUT2D eigenvalue weighted by molar-refractivity contribution is 14.0. The van der Waals surface area contributed by atoms with E-state index < -0.39 is 0 Å². The Morgan fingerprint density at radius 2 is 2.04 bits per heavy atom. The topological polar surface area (TPSA) is 56.9 Å². The van der Waals surface area contributed by atoms with Gasteiger partial charge >= 0.3 is 0 Å². The van der Waals surface area contributed by atoms with Crippen LogP contribution in [0.1, 0.15) is 11.3 Å². The van der Waals surface area contributed by atoms with Crippen LogP contribution in [-0.4, -0.2) is 60.7 Å². The van der Waals surface area contributed by atoms with E-state index in [9.17, 15) is 0 Å². The molecule has 1 aliphatic rings. The van der Waals surface area contributed by atoms with Crippen molar-refractivity contribution in [2.24, 2.45) is 4.99 Å². The van der Waals surface area contributed by atoms with Gasteiger partial charge in [-0.2, -0.15) is 0 Å². The Morgan fingerprint density at radius 1 is 1.21 bits per heavy atom. The first kappa shape index (κ1) is 21.1. The minimum atomic E-state index is 0. The summed E-state index contributed by atoms with van der Waals surface area (Å²) >= 11 is 1.82. The van der Waals surface area contributed by atoms with Gasteiger partial charge in [-0.05, 0) is 28.8 Å². The van der Waals surface area contributed by atoms with Crippen molar-refractivity contribution in [1.82, 2.24) is 20.3 Å². The molecule has 0 amide bonds. The SMILES string of the molecule is CN=C(NCCc1csc2ccccc12)N1CCN(Cc2ccon2)CC1.I. The van der Waals surface area contributed by atoms with Gasteiger partial charge in [0.05, 0.1) is 5.69 Å². The molecule has 1 aliphatic heterocycles. The Hall–Kier alpha value is -1.65. The van der Waals surface area contributed by atoms with E-state index in [1.807, 2.05) is 24.5 Å². The highest BCUT2D eigenvalue weighted by Gasteiger charge is 2.20. The quantitative estimate of drug-likeness (QED) is 0.323. The molecule has 1 N–H and O–H groups in total. The molecule has 2 aromatic heterocycles. The molecule has 28 heavy (non-hydrogen) atoms. The van der Waals surface area contributed by atoms with Crippen LogP contribution in [0.25, 0.3) is 10.1 Å². The van der Waals surface area contributed by atoms with Gasteiger partial charge in [-0.1, -0.05) is 23.4 Å². The highest BCUT2D eigenvalue weighted by Crippen LogP contribution is 2.25. The molecule has 0 bridgehead atoms. The first-order valence-corrected chi connectivity index (χ1v) is 10.2. The number of aromatic nitrogens is 1. The zero-order valence-electron chi connectivity index (χ0n) is 16.0. The van der Waals surface area contributed by atoms with E-state index in [-0.39, 0.29) is 24.0 Å². The zero-order valence-corrected chi connectivity index (χ0v) is 19.2. The van der Waals surface area contributed by atoms with Crippen LogP contribution in [0.2, 0.25) is 0 Å². The third-order valence-corrected chi connectivity index (χ3v) is 6.01. The number of halogens is 1. The van der Waals surface area contributed by atoms with Crippen LogP contribution >= 0.6 is 35.3 Å². The van der Waals surface area contributed by atoms with Crippen LogP contribution in [0.15, 0.2) is 51.5 Å². The lowest BCUT2D eigenvalue weighted by Gasteiger charge is -2.36. The van der Waals surface area contributed by atoms with Gasteiger partial charge < -0.3 is 14.7 Å². The zero-order chi connectivity index (χ0) is 18.5. The van der Waals surface area contributed by atoms with Gasteiger partial charge in [0.1, 0.15) is 6.26 Å². The number of aliphatic imine (C=N–C) groups is 1. The molecule has 1 saturated heterocycles. The molecule has 3 heterocycles. The molecule has 0 atom stereocenters. The largest absolute Gasteiger partial charge is 0.364 e. The Bertz CT molecular complexity index is 887. The van der Waals surface area contributed by atoms with Crippen molar-refractivity contribution in [3.05, 3.63) is 53.2 Å². The number of hydrogen-bond acceptors (Lipinski definition) is 5. The monoisotopic (exact) mass is 511 g/mol. The molecule has 0 saturated carbocycles. The van der Waals surface area contributed by atoms with Crippen molar-refractivity contribution in [3.8, 4) is 0 Å². The molecular formula is C20H26IN5OS. The Kier molecular flexibility index (Phi) is 7.69. The number of thiophene rings is 1. The molecule has 0 aliphatic carbocycles. The van der Waals surface area contributed by atoms with Gasteiger partial charge in [0.2, 0.25) is 0 Å². The van der Waals surface area contributed by atoms with Gasteiger partial charge in [-0.3, -0.25) is 9.89 Å². The lowest BCUT2D eigenvalue weighted by Crippen LogP contribution is -2.52. The van der Waals surface area contributed by atoms with Crippen LogP contribution in [0.3, 0.4) is 0 Å². The summed E-state index contributed by atoms with van der Waals surface area (Å²) in [7, 11) is 1.87. The first-order valence-electron chi connectivity index (χ1n) is 9.36. The second-order valence-electron chi connectivity index (χ2n) is 6.74. The number of hydrogen-bond donors (Lipinski definition) is 1. The number of fused-ring (bicyclic) bond motifs is 1. The molecule has 150 valence electrons. The number of piperazine rings is 1. The van der Waals surface area contributed by atoms with Crippen molar-refractivity contribution >= 4 is 51.4 Å².